The summed E-state index contributed by atoms with van der Waals surface area (Å²) in [5.74, 6) is 1.67. The second-order valence-electron chi connectivity index (χ2n) is 7.48. The van der Waals surface area contributed by atoms with E-state index >= 15 is 0 Å². The first-order valence-corrected chi connectivity index (χ1v) is 10.3. The second kappa shape index (κ2) is 8.06. The summed E-state index contributed by atoms with van der Waals surface area (Å²) in [6.07, 6.45) is 5.44. The first-order chi connectivity index (χ1) is 13.5. The molecule has 1 aliphatic rings. The number of pyridine rings is 1. The van der Waals surface area contributed by atoms with E-state index in [4.69, 9.17) is 5.73 Å². The van der Waals surface area contributed by atoms with E-state index in [0.717, 1.165) is 35.4 Å². The Kier molecular flexibility index (Phi) is 5.34. The number of hydrogen-bond donors (Lipinski definition) is 2. The summed E-state index contributed by atoms with van der Waals surface area (Å²) in [6.45, 7) is 2.02. The van der Waals surface area contributed by atoms with Gasteiger partial charge in [-0.05, 0) is 49.3 Å². The van der Waals surface area contributed by atoms with E-state index in [-0.39, 0.29) is 5.91 Å². The van der Waals surface area contributed by atoms with Gasteiger partial charge in [0.25, 0.3) is 0 Å². The maximum atomic E-state index is 12.2. The van der Waals surface area contributed by atoms with Crippen LogP contribution in [-0.2, 0) is 17.6 Å². The molecular weight excluding hydrogens is 370 g/mol. The minimum Gasteiger partial charge on any atom is -0.374 e. The predicted octanol–water partition coefficient (Wildman–Crippen LogP) is 3.74. The molecule has 0 unspecified atom stereocenters. The van der Waals surface area contributed by atoms with Gasteiger partial charge < -0.3 is 11.1 Å². The van der Waals surface area contributed by atoms with Crippen molar-refractivity contribution < 1.29 is 4.79 Å². The molecule has 0 atom stereocenters. The molecule has 1 amide bonds. The highest BCUT2D eigenvalue weighted by Gasteiger charge is 2.32. The molecule has 4 rings (SSSR count). The van der Waals surface area contributed by atoms with E-state index in [1.807, 2.05) is 49.5 Å². The van der Waals surface area contributed by atoms with Crippen molar-refractivity contribution >= 4 is 28.2 Å². The number of nitrogens with two attached hydrogens (primary N) is 1. The molecule has 7 heteroatoms. The van der Waals surface area contributed by atoms with E-state index in [9.17, 15) is 4.79 Å². The number of nitrogens with zero attached hydrogens (tertiary/aromatic N) is 3. The number of nitrogens with one attached hydrogen (secondary N) is 1. The number of nitrogen functional groups attached to an aromatic ring is 1. The third kappa shape index (κ3) is 4.54. The second-order valence-corrected chi connectivity index (χ2v) is 8.52. The lowest BCUT2D eigenvalue weighted by Gasteiger charge is -2.33. The standard InChI is InChI=1S/C21H23N5OS/c1-13-3-2-4-14(7-13)11-19(27)24-18-6-5-15(12-23-18)8-16-9-17(10-16)20-25-26-21(22)28-20/h2-7,12,16-17H,8-11H2,1H3,(H2,22,26)(H,23,24,27). The van der Waals surface area contributed by atoms with Crippen molar-refractivity contribution in [3.05, 3.63) is 64.3 Å². The van der Waals surface area contributed by atoms with Crippen LogP contribution in [0.15, 0.2) is 42.6 Å². The largest absolute Gasteiger partial charge is 0.374 e. The van der Waals surface area contributed by atoms with E-state index in [2.05, 4.69) is 20.5 Å². The van der Waals surface area contributed by atoms with E-state index in [0.29, 0.717) is 29.2 Å². The van der Waals surface area contributed by atoms with Gasteiger partial charge in [0, 0.05) is 12.1 Å². The van der Waals surface area contributed by atoms with Gasteiger partial charge in [-0.1, -0.05) is 47.2 Å². The Labute approximate surface area is 168 Å². The molecule has 1 aromatic carbocycles. The zero-order chi connectivity index (χ0) is 19.5. The molecule has 28 heavy (non-hydrogen) atoms. The normalized spacial score (nSPS) is 18.5. The molecule has 1 saturated carbocycles. The molecule has 3 aromatic rings. The van der Waals surface area contributed by atoms with Gasteiger partial charge in [-0.15, -0.1) is 10.2 Å². The summed E-state index contributed by atoms with van der Waals surface area (Å²) in [4.78, 5) is 16.6. The number of rotatable bonds is 6. The number of amides is 1. The molecule has 2 aromatic heterocycles. The number of aromatic nitrogens is 3. The lowest BCUT2D eigenvalue weighted by Crippen LogP contribution is -2.23. The zero-order valence-electron chi connectivity index (χ0n) is 15.8. The van der Waals surface area contributed by atoms with Crippen LogP contribution in [0.25, 0.3) is 0 Å². The van der Waals surface area contributed by atoms with Crippen molar-refractivity contribution in [1.82, 2.24) is 15.2 Å². The lowest BCUT2D eigenvalue weighted by atomic mass is 9.72. The Morgan fingerprint density at radius 2 is 2.07 bits per heavy atom. The van der Waals surface area contributed by atoms with Crippen molar-refractivity contribution in [1.29, 1.82) is 0 Å². The van der Waals surface area contributed by atoms with Gasteiger partial charge in [-0.2, -0.15) is 0 Å². The summed E-state index contributed by atoms with van der Waals surface area (Å²) in [5, 5.41) is 12.5. The molecule has 0 radical (unpaired) electrons. The van der Waals surface area contributed by atoms with Gasteiger partial charge in [0.1, 0.15) is 10.8 Å². The number of carbonyl (C=O) groups is 1. The molecule has 2 heterocycles. The topological polar surface area (TPSA) is 93.8 Å². The molecule has 144 valence electrons. The quantitative estimate of drug-likeness (QED) is 0.665. The average molecular weight is 394 g/mol. The summed E-state index contributed by atoms with van der Waals surface area (Å²) in [5.41, 5.74) is 9.01. The van der Waals surface area contributed by atoms with Crippen LogP contribution in [0.1, 0.15) is 40.5 Å². The first-order valence-electron chi connectivity index (χ1n) is 9.44. The Bertz CT molecular complexity index is 963. The highest BCUT2D eigenvalue weighted by Crippen LogP contribution is 2.44. The van der Waals surface area contributed by atoms with Crippen LogP contribution in [0, 0.1) is 12.8 Å². The molecule has 0 aliphatic heterocycles. The molecule has 0 saturated heterocycles. The van der Waals surface area contributed by atoms with Crippen LogP contribution >= 0.6 is 11.3 Å². The third-order valence-corrected chi connectivity index (χ3v) is 6.02. The molecule has 3 N–H and O–H groups in total. The van der Waals surface area contributed by atoms with Crippen LogP contribution in [0.3, 0.4) is 0 Å². The van der Waals surface area contributed by atoms with Crippen LogP contribution in [0.4, 0.5) is 10.9 Å². The SMILES string of the molecule is Cc1cccc(CC(=O)Nc2ccc(CC3CC(c4nnc(N)s4)C3)cn2)c1. The maximum absolute atomic E-state index is 12.2. The fraction of sp³-hybridized carbons (Fsp3) is 0.333. The summed E-state index contributed by atoms with van der Waals surface area (Å²) < 4.78 is 0. The van der Waals surface area contributed by atoms with Crippen LogP contribution in [-0.4, -0.2) is 21.1 Å². The monoisotopic (exact) mass is 393 g/mol. The van der Waals surface area contributed by atoms with Gasteiger partial charge >= 0.3 is 0 Å². The highest BCUT2D eigenvalue weighted by atomic mass is 32.1. The number of anilines is 2. The number of benzene rings is 1. The average Bonchev–Trinajstić information content (AvgIpc) is 3.05. The number of hydrogen-bond acceptors (Lipinski definition) is 6. The lowest BCUT2D eigenvalue weighted by molar-refractivity contribution is -0.115. The van der Waals surface area contributed by atoms with Crippen LogP contribution in [0.5, 0.6) is 0 Å². The Hall–Kier alpha value is -2.80. The summed E-state index contributed by atoms with van der Waals surface area (Å²) in [7, 11) is 0. The van der Waals surface area contributed by atoms with Crippen LogP contribution < -0.4 is 11.1 Å². The van der Waals surface area contributed by atoms with Crippen molar-refractivity contribution in [3.8, 4) is 0 Å². The smallest absolute Gasteiger partial charge is 0.229 e. The van der Waals surface area contributed by atoms with E-state index < -0.39 is 0 Å². The predicted molar refractivity (Wildman–Crippen MR) is 111 cm³/mol. The van der Waals surface area contributed by atoms with E-state index in [1.165, 1.54) is 16.9 Å². The molecule has 1 aliphatic carbocycles. The van der Waals surface area contributed by atoms with Gasteiger partial charge in [0.05, 0.1) is 6.42 Å². The first kappa shape index (κ1) is 18.6. The Morgan fingerprint density at radius 1 is 1.21 bits per heavy atom. The Balaban J connectivity index is 1.25. The van der Waals surface area contributed by atoms with Gasteiger partial charge in [0.15, 0.2) is 0 Å². The Morgan fingerprint density at radius 3 is 2.75 bits per heavy atom. The molecule has 1 fully saturated rings. The molecule has 6 nitrogen and oxygen atoms in total. The van der Waals surface area contributed by atoms with Crippen molar-refractivity contribution in [2.75, 3.05) is 11.1 Å². The minimum absolute atomic E-state index is 0.0518. The highest BCUT2D eigenvalue weighted by molar-refractivity contribution is 7.15. The maximum Gasteiger partial charge on any atom is 0.229 e. The fourth-order valence-corrected chi connectivity index (χ4v) is 4.40. The summed E-state index contributed by atoms with van der Waals surface area (Å²) in [6, 6.07) is 11.9. The van der Waals surface area contributed by atoms with Gasteiger partial charge in [-0.25, -0.2) is 4.98 Å². The molecule has 0 spiro atoms. The van der Waals surface area contributed by atoms with E-state index in [1.54, 1.807) is 0 Å². The van der Waals surface area contributed by atoms with Gasteiger partial charge in [0.2, 0.25) is 11.0 Å². The number of aryl methyl sites for hydroxylation is 1. The fourth-order valence-electron chi connectivity index (χ4n) is 3.66. The van der Waals surface area contributed by atoms with Crippen molar-refractivity contribution in [2.24, 2.45) is 5.92 Å². The van der Waals surface area contributed by atoms with Crippen molar-refractivity contribution in [3.63, 3.8) is 0 Å². The van der Waals surface area contributed by atoms with Crippen LogP contribution in [0.2, 0.25) is 0 Å². The zero-order valence-corrected chi connectivity index (χ0v) is 16.6. The minimum atomic E-state index is -0.0518. The molecule has 0 bridgehead atoms. The number of carbonyl (C=O) groups excluding carboxylic acids is 1. The van der Waals surface area contributed by atoms with Gasteiger partial charge in [-0.3, -0.25) is 4.79 Å². The molecular formula is C21H23N5OS. The third-order valence-electron chi connectivity index (χ3n) is 5.10. The van der Waals surface area contributed by atoms with Crippen molar-refractivity contribution in [2.45, 2.75) is 38.5 Å². The summed E-state index contributed by atoms with van der Waals surface area (Å²) >= 11 is 1.49.